The van der Waals surface area contributed by atoms with Crippen LogP contribution in [0.25, 0.3) is 11.1 Å². The zero-order valence-corrected chi connectivity index (χ0v) is 26.6. The molecule has 0 fully saturated rings. The fourth-order valence-corrected chi connectivity index (χ4v) is 6.48. The summed E-state index contributed by atoms with van der Waals surface area (Å²) in [5.74, 6) is -1.50. The summed E-state index contributed by atoms with van der Waals surface area (Å²) in [6, 6.07) is 28.4. The molecule has 0 radical (unpaired) electrons. The van der Waals surface area contributed by atoms with Crippen LogP contribution in [0.3, 0.4) is 0 Å². The summed E-state index contributed by atoms with van der Waals surface area (Å²) in [5.41, 5.74) is 11.0. The molecule has 0 bridgehead atoms. The molecule has 0 heterocycles. The number of benzene rings is 4. The number of sulfonamides is 1. The number of aliphatic carboxylic acids is 1. The average Bonchev–Trinajstić information content (AvgIpc) is 3.41. The van der Waals surface area contributed by atoms with E-state index < -0.39 is 40.6 Å². The van der Waals surface area contributed by atoms with Gasteiger partial charge >= 0.3 is 12.1 Å². The van der Waals surface area contributed by atoms with Gasteiger partial charge in [0.25, 0.3) is 0 Å². The summed E-state index contributed by atoms with van der Waals surface area (Å²) >= 11 is 0. The van der Waals surface area contributed by atoms with Crippen molar-refractivity contribution in [2.75, 3.05) is 19.8 Å². The summed E-state index contributed by atoms with van der Waals surface area (Å²) in [7, 11) is -4.08. The number of ether oxygens (including phenoxy) is 2. The van der Waals surface area contributed by atoms with Crippen molar-refractivity contribution in [1.82, 2.24) is 10.0 Å². The van der Waals surface area contributed by atoms with Crippen LogP contribution >= 0.6 is 0 Å². The van der Waals surface area contributed by atoms with E-state index in [4.69, 9.17) is 15.2 Å². The number of rotatable bonds is 14. The monoisotopic (exact) mass is 670 g/mol. The second kappa shape index (κ2) is 15.4. The van der Waals surface area contributed by atoms with E-state index in [0.29, 0.717) is 17.7 Å². The molecule has 12 nitrogen and oxygen atoms in total. The number of aliphatic imine (C=N–C) groups is 1. The lowest BCUT2D eigenvalue weighted by atomic mass is 9.98. The third kappa shape index (κ3) is 8.43. The molecule has 0 aliphatic heterocycles. The van der Waals surface area contributed by atoms with E-state index in [1.54, 1.807) is 30.3 Å². The fourth-order valence-electron chi connectivity index (χ4n) is 5.27. The number of nitrogens with one attached hydrogen (secondary N) is 2. The van der Waals surface area contributed by atoms with Crippen molar-refractivity contribution >= 4 is 33.8 Å². The second-order valence-corrected chi connectivity index (χ2v) is 12.6. The van der Waals surface area contributed by atoms with Crippen molar-refractivity contribution in [1.29, 1.82) is 0 Å². The molecule has 5 N–H and O–H groups in total. The minimum absolute atomic E-state index is 0.0128. The van der Waals surface area contributed by atoms with E-state index in [9.17, 15) is 27.9 Å². The van der Waals surface area contributed by atoms with E-state index >= 15 is 0 Å². The number of nitrogens with zero attached hydrogens (tertiary/aromatic N) is 1. The van der Waals surface area contributed by atoms with Crippen molar-refractivity contribution in [2.45, 2.75) is 29.7 Å². The third-order valence-corrected chi connectivity index (χ3v) is 9.15. The van der Waals surface area contributed by atoms with E-state index in [2.05, 4.69) is 27.2 Å². The fraction of sp³-hybridized carbons (Fsp3) is 0.200. The van der Waals surface area contributed by atoms with Crippen LogP contribution in [0.4, 0.5) is 4.79 Å². The first-order valence-corrected chi connectivity index (χ1v) is 16.6. The Morgan fingerprint density at radius 2 is 1.46 bits per heavy atom. The van der Waals surface area contributed by atoms with E-state index in [1.807, 2.05) is 36.4 Å². The number of amidine groups is 1. The van der Waals surface area contributed by atoms with Crippen molar-refractivity contribution in [3.63, 3.8) is 0 Å². The zero-order valence-electron chi connectivity index (χ0n) is 25.7. The Hall–Kier alpha value is -5.53. The molecule has 0 saturated carbocycles. The molecule has 0 aromatic heterocycles. The summed E-state index contributed by atoms with van der Waals surface area (Å²) in [4.78, 5) is 40.2. The first-order chi connectivity index (χ1) is 23.1. The first kappa shape index (κ1) is 33.8. The van der Waals surface area contributed by atoms with Crippen molar-refractivity contribution in [3.05, 3.63) is 120 Å². The highest BCUT2D eigenvalue weighted by Crippen LogP contribution is 2.44. The largest absolute Gasteiger partial charge is 0.494 e. The molecule has 4 aromatic rings. The Morgan fingerprint density at radius 3 is 2.08 bits per heavy atom. The Balaban J connectivity index is 1.04. The van der Waals surface area contributed by atoms with Crippen molar-refractivity contribution < 1.29 is 37.4 Å². The molecule has 1 aliphatic carbocycles. The van der Waals surface area contributed by atoms with Crippen molar-refractivity contribution in [3.8, 4) is 16.9 Å². The molecule has 2 amide bonds. The lowest BCUT2D eigenvalue weighted by Gasteiger charge is -2.15. The van der Waals surface area contributed by atoms with Crippen LogP contribution in [0, 0.1) is 0 Å². The maximum Gasteiger partial charge on any atom is 0.435 e. The predicted octanol–water partition coefficient (Wildman–Crippen LogP) is 4.05. The average molecular weight is 671 g/mol. The summed E-state index contributed by atoms with van der Waals surface area (Å²) < 4.78 is 38.1. The molecule has 248 valence electrons. The van der Waals surface area contributed by atoms with Gasteiger partial charge in [0, 0.05) is 24.4 Å². The number of hydrogen-bond acceptors (Lipinski definition) is 7. The van der Waals surface area contributed by atoms with Gasteiger partial charge in [-0.15, -0.1) is 0 Å². The van der Waals surface area contributed by atoms with Gasteiger partial charge < -0.3 is 25.6 Å². The Kier molecular flexibility index (Phi) is 10.8. The summed E-state index contributed by atoms with van der Waals surface area (Å²) in [5, 5.41) is 11.9. The molecule has 0 spiro atoms. The SMILES string of the molecule is NC(=NC(=O)OCC1c2ccccc2-c2ccccc21)c1ccc(OCCCC(=O)NC[C@H](NS(=O)(=O)c2ccccc2)C(=O)O)cc1. The lowest BCUT2D eigenvalue weighted by Crippen LogP contribution is -2.48. The minimum atomic E-state index is -4.08. The van der Waals surface area contributed by atoms with Crippen LogP contribution in [0.15, 0.2) is 113 Å². The smallest absolute Gasteiger partial charge is 0.435 e. The summed E-state index contributed by atoms with van der Waals surface area (Å²) in [6.07, 6.45) is -0.460. The van der Waals surface area contributed by atoms with Gasteiger partial charge in [0.2, 0.25) is 15.9 Å². The van der Waals surface area contributed by atoms with E-state index in [1.165, 1.54) is 24.3 Å². The molecule has 4 aromatic carbocycles. The molecule has 48 heavy (non-hydrogen) atoms. The van der Waals surface area contributed by atoms with Crippen LogP contribution in [-0.4, -0.2) is 63.1 Å². The molecule has 5 rings (SSSR count). The third-order valence-electron chi connectivity index (χ3n) is 7.67. The molecule has 0 unspecified atom stereocenters. The highest BCUT2D eigenvalue weighted by Gasteiger charge is 2.29. The molecular formula is C35H34N4O8S. The highest BCUT2D eigenvalue weighted by molar-refractivity contribution is 7.89. The van der Waals surface area contributed by atoms with Gasteiger partial charge in [0.05, 0.1) is 11.5 Å². The zero-order chi connectivity index (χ0) is 34.1. The number of fused-ring (bicyclic) bond motifs is 3. The highest BCUT2D eigenvalue weighted by atomic mass is 32.2. The normalized spacial score (nSPS) is 13.2. The van der Waals surface area contributed by atoms with Crippen LogP contribution in [0.1, 0.15) is 35.4 Å². The van der Waals surface area contributed by atoms with Gasteiger partial charge in [-0.05, 0) is 65.1 Å². The maximum absolute atomic E-state index is 12.5. The lowest BCUT2D eigenvalue weighted by molar-refractivity contribution is -0.138. The number of nitrogens with two attached hydrogens (primary N) is 1. The topological polar surface area (TPSA) is 186 Å². The maximum atomic E-state index is 12.5. The Morgan fingerprint density at radius 1 is 0.854 bits per heavy atom. The van der Waals surface area contributed by atoms with Gasteiger partial charge in [0.15, 0.2) is 0 Å². The minimum Gasteiger partial charge on any atom is -0.494 e. The number of carboxylic acid groups (broad SMARTS) is 1. The number of carbonyl (C=O) groups is 3. The van der Waals surface area contributed by atoms with Crippen LogP contribution in [0.5, 0.6) is 5.75 Å². The number of carbonyl (C=O) groups excluding carboxylic acids is 2. The first-order valence-electron chi connectivity index (χ1n) is 15.1. The quantitative estimate of drug-likeness (QED) is 0.0872. The number of hydrogen-bond donors (Lipinski definition) is 4. The van der Waals surface area contributed by atoms with Crippen LogP contribution in [0.2, 0.25) is 0 Å². The van der Waals surface area contributed by atoms with E-state index in [-0.39, 0.29) is 36.3 Å². The molecule has 1 aliphatic rings. The van der Waals surface area contributed by atoms with Gasteiger partial charge in [-0.1, -0.05) is 66.7 Å². The molecule has 0 saturated heterocycles. The number of amides is 2. The van der Waals surface area contributed by atoms with E-state index in [0.717, 1.165) is 22.3 Å². The molecule has 1 atom stereocenters. The predicted molar refractivity (Wildman–Crippen MR) is 178 cm³/mol. The van der Waals surface area contributed by atoms with Gasteiger partial charge in [0.1, 0.15) is 24.2 Å². The molecular weight excluding hydrogens is 636 g/mol. The second-order valence-electron chi connectivity index (χ2n) is 10.9. The van der Waals surface area contributed by atoms with Gasteiger partial charge in [-0.3, -0.25) is 9.59 Å². The van der Waals surface area contributed by atoms with Crippen LogP contribution < -0.4 is 20.5 Å². The number of carboxylic acids is 1. The van der Waals surface area contributed by atoms with Crippen LogP contribution in [-0.2, 0) is 24.3 Å². The standard InChI is InChI=1S/C35H34N4O8S/c36-33(38-35(43)47-22-30-28-13-6-4-11-26(28)27-12-5-7-14-29(27)30)23-16-18-24(19-17-23)46-20-8-15-32(40)37-21-31(34(41)42)39-48(44,45)25-9-2-1-3-10-25/h1-7,9-14,16-19,30-31,39H,8,15,20-22H2,(H,37,40)(H,41,42)(H2,36,38,43)/t31-/m0/s1. The van der Waals surface area contributed by atoms with Gasteiger partial charge in [-0.2, -0.15) is 9.71 Å². The Labute approximate surface area is 277 Å². The Bertz CT molecular complexity index is 1870. The molecule has 13 heteroatoms. The summed E-state index contributed by atoms with van der Waals surface area (Å²) in [6.45, 7) is -0.123. The van der Waals surface area contributed by atoms with Crippen molar-refractivity contribution in [2.24, 2.45) is 10.7 Å². The van der Waals surface area contributed by atoms with Gasteiger partial charge in [-0.25, -0.2) is 13.2 Å².